The first-order valence-corrected chi connectivity index (χ1v) is 5.78. The zero-order valence-electron chi connectivity index (χ0n) is 8.19. The first kappa shape index (κ1) is 10.3. The monoisotopic (exact) mass is 238 g/mol. The van der Waals surface area contributed by atoms with Gasteiger partial charge in [-0.3, -0.25) is 0 Å². The summed E-state index contributed by atoms with van der Waals surface area (Å²) in [5.41, 5.74) is 6.57. The molecule has 2 N–H and O–H groups in total. The van der Waals surface area contributed by atoms with Crippen LogP contribution in [0.15, 0.2) is 22.8 Å². The van der Waals surface area contributed by atoms with E-state index in [1.165, 1.54) is 11.3 Å². The molecule has 0 aliphatic heterocycles. The van der Waals surface area contributed by atoms with Gasteiger partial charge in [0.2, 0.25) is 0 Å². The van der Waals surface area contributed by atoms with E-state index in [9.17, 15) is 0 Å². The molecule has 0 saturated heterocycles. The Morgan fingerprint density at radius 1 is 1.67 bits per heavy atom. The lowest BCUT2D eigenvalue weighted by Gasteiger charge is -1.93. The Morgan fingerprint density at radius 3 is 2.93 bits per heavy atom. The van der Waals surface area contributed by atoms with Crippen molar-refractivity contribution in [2.45, 2.75) is 13.3 Å². The van der Waals surface area contributed by atoms with Crippen molar-refractivity contribution in [3.63, 3.8) is 0 Å². The van der Waals surface area contributed by atoms with E-state index in [4.69, 9.17) is 22.4 Å². The van der Waals surface area contributed by atoms with E-state index in [1.54, 1.807) is 6.26 Å². The van der Waals surface area contributed by atoms with Crippen LogP contribution in [0.1, 0.15) is 17.5 Å². The fraction of sp³-hybridized carbons (Fsp3) is 0.200. The molecule has 2 aromatic rings. The molecule has 3 nitrogen and oxygen atoms in total. The molecule has 2 rings (SSSR count). The highest BCUT2D eigenvalue weighted by atomic mass is 32.1. The normalized spacial score (nSPS) is 10.5. The van der Waals surface area contributed by atoms with E-state index < -0.39 is 0 Å². The lowest BCUT2D eigenvalue weighted by atomic mass is 10.3. The third-order valence-corrected chi connectivity index (χ3v) is 3.47. The molecule has 0 spiro atoms. The molecule has 0 aliphatic rings. The highest BCUT2D eigenvalue weighted by Crippen LogP contribution is 2.28. The van der Waals surface area contributed by atoms with Crippen molar-refractivity contribution >= 4 is 28.5 Å². The predicted octanol–water partition coefficient (Wildman–Crippen LogP) is 2.60. The second kappa shape index (κ2) is 4.12. The van der Waals surface area contributed by atoms with Gasteiger partial charge in [0, 0.05) is 0 Å². The smallest absolute Gasteiger partial charge is 0.162 e. The standard InChI is InChI=1S/C10H10N2OS2/c1-2-6-8(9(11)14)15-10(12-6)7-4-3-5-13-7/h3-5H,2H2,1H3,(H2,11,14). The molecular weight excluding hydrogens is 228 g/mol. The number of nitrogens with two attached hydrogens (primary N) is 1. The zero-order valence-corrected chi connectivity index (χ0v) is 9.82. The Hall–Kier alpha value is -1.20. The molecule has 0 aromatic carbocycles. The quantitative estimate of drug-likeness (QED) is 0.835. The third kappa shape index (κ3) is 1.93. The molecule has 0 fully saturated rings. The lowest BCUT2D eigenvalue weighted by molar-refractivity contribution is 0.581. The SMILES string of the molecule is CCc1nc(-c2ccco2)sc1C(N)=S. The highest BCUT2D eigenvalue weighted by Gasteiger charge is 2.14. The summed E-state index contributed by atoms with van der Waals surface area (Å²) in [5.74, 6) is 0.761. The van der Waals surface area contributed by atoms with Crippen LogP contribution in [-0.4, -0.2) is 9.97 Å². The number of furan rings is 1. The molecule has 0 radical (unpaired) electrons. The number of nitrogens with zero attached hydrogens (tertiary/aromatic N) is 1. The first-order valence-electron chi connectivity index (χ1n) is 4.55. The van der Waals surface area contributed by atoms with Gasteiger partial charge >= 0.3 is 0 Å². The van der Waals surface area contributed by atoms with Crippen LogP contribution in [0.4, 0.5) is 0 Å². The zero-order chi connectivity index (χ0) is 10.8. The van der Waals surface area contributed by atoms with E-state index >= 15 is 0 Å². The lowest BCUT2D eigenvalue weighted by Crippen LogP contribution is -2.09. The summed E-state index contributed by atoms with van der Waals surface area (Å²) in [7, 11) is 0. The summed E-state index contributed by atoms with van der Waals surface area (Å²) in [6, 6.07) is 3.71. The van der Waals surface area contributed by atoms with Crippen LogP contribution in [0, 0.1) is 0 Å². The van der Waals surface area contributed by atoms with Gasteiger partial charge in [-0.2, -0.15) is 0 Å². The summed E-state index contributed by atoms with van der Waals surface area (Å²) in [5, 5.41) is 0.833. The van der Waals surface area contributed by atoms with Crippen molar-refractivity contribution < 1.29 is 4.42 Å². The Balaban J connectivity index is 2.48. The minimum atomic E-state index is 0.405. The van der Waals surface area contributed by atoms with Gasteiger partial charge in [0.1, 0.15) is 4.99 Å². The molecule has 2 heterocycles. The maximum absolute atomic E-state index is 5.63. The minimum absolute atomic E-state index is 0.405. The summed E-state index contributed by atoms with van der Waals surface area (Å²) in [6.45, 7) is 2.03. The van der Waals surface area contributed by atoms with E-state index in [-0.39, 0.29) is 0 Å². The Labute approximate surface area is 96.9 Å². The average molecular weight is 238 g/mol. The number of thiocarbonyl (C=S) groups is 1. The van der Waals surface area contributed by atoms with Crippen LogP contribution in [0.25, 0.3) is 10.8 Å². The Bertz CT molecular complexity index is 474. The number of aromatic nitrogens is 1. The number of hydrogen-bond acceptors (Lipinski definition) is 4. The number of thiazole rings is 1. The fourth-order valence-corrected chi connectivity index (χ4v) is 2.51. The summed E-state index contributed by atoms with van der Waals surface area (Å²) >= 11 is 6.45. The molecule has 5 heteroatoms. The van der Waals surface area contributed by atoms with Crippen molar-refractivity contribution in [2.24, 2.45) is 5.73 Å². The number of rotatable bonds is 3. The second-order valence-electron chi connectivity index (χ2n) is 2.99. The Kier molecular flexibility index (Phi) is 2.83. The van der Waals surface area contributed by atoms with Gasteiger partial charge in [-0.15, -0.1) is 11.3 Å². The predicted molar refractivity (Wildman–Crippen MR) is 65.1 cm³/mol. The number of aryl methyl sites for hydroxylation is 1. The molecular formula is C10H10N2OS2. The van der Waals surface area contributed by atoms with Gasteiger partial charge in [-0.1, -0.05) is 19.1 Å². The molecule has 0 amide bonds. The minimum Gasteiger partial charge on any atom is -0.462 e. The topological polar surface area (TPSA) is 52.0 Å². The van der Waals surface area contributed by atoms with Gasteiger partial charge < -0.3 is 10.2 Å². The fourth-order valence-electron chi connectivity index (χ4n) is 1.29. The summed E-state index contributed by atoms with van der Waals surface area (Å²) in [6.07, 6.45) is 2.45. The van der Waals surface area contributed by atoms with Crippen LogP contribution in [0.3, 0.4) is 0 Å². The van der Waals surface area contributed by atoms with Gasteiger partial charge in [0.25, 0.3) is 0 Å². The van der Waals surface area contributed by atoms with Crippen molar-refractivity contribution in [2.75, 3.05) is 0 Å². The molecule has 0 atom stereocenters. The average Bonchev–Trinajstić information content (AvgIpc) is 2.86. The van der Waals surface area contributed by atoms with Crippen LogP contribution in [0.5, 0.6) is 0 Å². The second-order valence-corrected chi connectivity index (χ2v) is 4.43. The molecule has 78 valence electrons. The molecule has 0 unspecified atom stereocenters. The van der Waals surface area contributed by atoms with Crippen LogP contribution in [-0.2, 0) is 6.42 Å². The van der Waals surface area contributed by atoms with E-state index in [0.717, 1.165) is 27.8 Å². The molecule has 0 bridgehead atoms. The highest BCUT2D eigenvalue weighted by molar-refractivity contribution is 7.81. The molecule has 0 saturated carbocycles. The summed E-state index contributed by atoms with van der Waals surface area (Å²) in [4.78, 5) is 5.74. The van der Waals surface area contributed by atoms with Crippen LogP contribution >= 0.6 is 23.6 Å². The van der Waals surface area contributed by atoms with E-state index in [2.05, 4.69) is 4.98 Å². The summed E-state index contributed by atoms with van der Waals surface area (Å²) < 4.78 is 5.28. The molecule has 2 aromatic heterocycles. The van der Waals surface area contributed by atoms with Gasteiger partial charge in [-0.25, -0.2) is 4.98 Å². The van der Waals surface area contributed by atoms with E-state index in [0.29, 0.717) is 4.99 Å². The van der Waals surface area contributed by atoms with Gasteiger partial charge in [-0.05, 0) is 18.6 Å². The van der Waals surface area contributed by atoms with Crippen molar-refractivity contribution in [1.29, 1.82) is 0 Å². The largest absolute Gasteiger partial charge is 0.462 e. The third-order valence-electron chi connectivity index (χ3n) is 1.99. The van der Waals surface area contributed by atoms with Crippen molar-refractivity contribution in [1.82, 2.24) is 4.98 Å². The van der Waals surface area contributed by atoms with Crippen molar-refractivity contribution in [3.05, 3.63) is 29.0 Å². The number of hydrogen-bond donors (Lipinski definition) is 1. The molecule has 15 heavy (non-hydrogen) atoms. The van der Waals surface area contributed by atoms with Crippen LogP contribution in [0.2, 0.25) is 0 Å². The van der Waals surface area contributed by atoms with Crippen LogP contribution < -0.4 is 5.73 Å². The molecule has 0 aliphatic carbocycles. The van der Waals surface area contributed by atoms with Gasteiger partial charge in [0.05, 0.1) is 16.8 Å². The first-order chi connectivity index (χ1) is 7.22. The van der Waals surface area contributed by atoms with Crippen molar-refractivity contribution in [3.8, 4) is 10.8 Å². The Morgan fingerprint density at radius 2 is 2.47 bits per heavy atom. The maximum Gasteiger partial charge on any atom is 0.162 e. The maximum atomic E-state index is 5.63. The van der Waals surface area contributed by atoms with E-state index in [1.807, 2.05) is 19.1 Å². The van der Waals surface area contributed by atoms with Gasteiger partial charge in [0.15, 0.2) is 10.8 Å².